The Morgan fingerprint density at radius 2 is 1.87 bits per heavy atom. The van der Waals surface area contributed by atoms with Crippen LogP contribution in [0.5, 0.6) is 0 Å². The van der Waals surface area contributed by atoms with E-state index in [-0.39, 0.29) is 18.9 Å². The highest BCUT2D eigenvalue weighted by atomic mass is 127. The van der Waals surface area contributed by atoms with Crippen LogP contribution in [0.1, 0.15) is 6.42 Å². The van der Waals surface area contributed by atoms with Gasteiger partial charge in [-0.2, -0.15) is 0 Å². The highest BCUT2D eigenvalue weighted by Crippen LogP contribution is 2.16. The van der Waals surface area contributed by atoms with Gasteiger partial charge in [-0.3, -0.25) is 9.59 Å². The molecule has 0 atom stereocenters. The van der Waals surface area contributed by atoms with Crippen molar-refractivity contribution in [3.63, 3.8) is 0 Å². The topological polar surface area (TPSA) is 93.2 Å². The largest absolute Gasteiger partial charge is 0.456 e. The lowest BCUT2D eigenvalue weighted by Crippen LogP contribution is -2.22. The van der Waals surface area contributed by atoms with Gasteiger partial charge < -0.3 is 15.4 Å². The first-order valence-corrected chi connectivity index (χ1v) is 7.94. The van der Waals surface area contributed by atoms with Gasteiger partial charge in [0.15, 0.2) is 6.61 Å². The van der Waals surface area contributed by atoms with Crippen molar-refractivity contribution in [3.8, 4) is 0 Å². The van der Waals surface area contributed by atoms with Crippen molar-refractivity contribution < 1.29 is 14.3 Å². The van der Waals surface area contributed by atoms with Crippen LogP contribution in [0.4, 0.5) is 11.6 Å². The molecule has 0 aliphatic heterocycles. The number of rotatable bonds is 7. The molecule has 0 bridgehead atoms. The van der Waals surface area contributed by atoms with Crippen LogP contribution in [0.2, 0.25) is 0 Å². The third-order valence-corrected chi connectivity index (χ3v) is 3.63. The molecule has 8 heteroatoms. The summed E-state index contributed by atoms with van der Waals surface area (Å²) in [5.74, 6) is -0.398. The number of benzene rings is 1. The number of nitrogens with one attached hydrogen (secondary N) is 2. The van der Waals surface area contributed by atoms with Crippen LogP contribution >= 0.6 is 22.6 Å². The highest BCUT2D eigenvalue weighted by molar-refractivity contribution is 14.1. The number of aromatic nitrogens is 2. The summed E-state index contributed by atoms with van der Waals surface area (Å²) in [5, 5.41) is 5.57. The van der Waals surface area contributed by atoms with Crippen LogP contribution in [0.15, 0.2) is 42.7 Å². The Balaban J connectivity index is 1.66. The quantitative estimate of drug-likeness (QED) is 0.520. The molecule has 2 aromatic rings. The maximum absolute atomic E-state index is 11.7. The first-order chi connectivity index (χ1) is 11.1. The van der Waals surface area contributed by atoms with Crippen molar-refractivity contribution in [1.82, 2.24) is 9.97 Å². The number of carbonyl (C=O) groups is 2. The Labute approximate surface area is 147 Å². The van der Waals surface area contributed by atoms with Crippen LogP contribution in [0.25, 0.3) is 0 Å². The van der Waals surface area contributed by atoms with Crippen molar-refractivity contribution in [1.29, 1.82) is 0 Å². The van der Waals surface area contributed by atoms with Gasteiger partial charge in [0.05, 0.1) is 12.1 Å². The first-order valence-electron chi connectivity index (χ1n) is 6.86. The summed E-state index contributed by atoms with van der Waals surface area (Å²) >= 11 is 2.12. The van der Waals surface area contributed by atoms with E-state index in [0.717, 1.165) is 3.57 Å². The number of nitrogens with zero attached hydrogens (tertiary/aromatic N) is 2. The number of anilines is 2. The molecule has 0 aliphatic rings. The zero-order valence-corrected chi connectivity index (χ0v) is 14.3. The van der Waals surface area contributed by atoms with Gasteiger partial charge in [-0.15, -0.1) is 0 Å². The van der Waals surface area contributed by atoms with Crippen molar-refractivity contribution in [2.75, 3.05) is 23.8 Å². The second kappa shape index (κ2) is 9.03. The molecule has 1 aromatic heterocycles. The molecule has 23 heavy (non-hydrogen) atoms. The predicted molar refractivity (Wildman–Crippen MR) is 93.9 cm³/mol. The fourth-order valence-corrected chi connectivity index (χ4v) is 2.16. The molecule has 1 aromatic carbocycles. The van der Waals surface area contributed by atoms with Crippen LogP contribution in [0.3, 0.4) is 0 Å². The normalized spacial score (nSPS) is 9.96. The third-order valence-electron chi connectivity index (χ3n) is 2.69. The number of para-hydroxylation sites is 1. The number of hydrogen-bond acceptors (Lipinski definition) is 6. The lowest BCUT2D eigenvalue weighted by atomic mass is 10.3. The first kappa shape index (κ1) is 17.1. The number of ether oxygens (including phenoxy) is 1. The molecule has 2 N–H and O–H groups in total. The van der Waals surface area contributed by atoms with Gasteiger partial charge in [0.25, 0.3) is 5.91 Å². The summed E-state index contributed by atoms with van der Waals surface area (Å²) in [6.07, 6.45) is 3.32. The molecule has 1 amide bonds. The minimum absolute atomic E-state index is 0.119. The van der Waals surface area contributed by atoms with Gasteiger partial charge in [0.1, 0.15) is 0 Å². The average molecular weight is 426 g/mol. The number of hydrogen-bond donors (Lipinski definition) is 2. The van der Waals surface area contributed by atoms with E-state index in [1.807, 2.05) is 18.2 Å². The summed E-state index contributed by atoms with van der Waals surface area (Å²) < 4.78 is 5.83. The molecule has 7 nitrogen and oxygen atoms in total. The van der Waals surface area contributed by atoms with Gasteiger partial charge in [-0.1, -0.05) is 12.1 Å². The summed E-state index contributed by atoms with van der Waals surface area (Å²) in [6, 6.07) is 9.05. The molecule has 0 fully saturated rings. The molecule has 0 unspecified atom stereocenters. The zero-order chi connectivity index (χ0) is 16.5. The van der Waals surface area contributed by atoms with Gasteiger partial charge in [0.2, 0.25) is 5.95 Å². The Hall–Kier alpha value is -2.23. The van der Waals surface area contributed by atoms with E-state index in [0.29, 0.717) is 18.2 Å². The molecule has 0 saturated carbocycles. The maximum atomic E-state index is 11.7. The minimum atomic E-state index is -0.466. The Bertz CT molecular complexity index is 667. The van der Waals surface area contributed by atoms with Crippen molar-refractivity contribution in [3.05, 3.63) is 46.3 Å². The van der Waals surface area contributed by atoms with E-state index >= 15 is 0 Å². The maximum Gasteiger partial charge on any atom is 0.308 e. The molecule has 0 saturated heterocycles. The minimum Gasteiger partial charge on any atom is -0.456 e. The van der Waals surface area contributed by atoms with Gasteiger partial charge in [0, 0.05) is 22.5 Å². The summed E-state index contributed by atoms with van der Waals surface area (Å²) in [5.41, 5.74) is 0.692. The molecule has 1 heterocycles. The van der Waals surface area contributed by atoms with Crippen LogP contribution in [-0.2, 0) is 14.3 Å². The van der Waals surface area contributed by atoms with Crippen molar-refractivity contribution >= 4 is 46.1 Å². The zero-order valence-electron chi connectivity index (χ0n) is 12.2. The fraction of sp³-hybridized carbons (Fsp3) is 0.200. The summed E-state index contributed by atoms with van der Waals surface area (Å²) in [4.78, 5) is 31.2. The SMILES string of the molecule is O=C(COC(=O)CCNc1ncccn1)Nc1ccccc1I. The lowest BCUT2D eigenvalue weighted by Gasteiger charge is -2.08. The van der Waals surface area contributed by atoms with E-state index in [4.69, 9.17) is 4.74 Å². The van der Waals surface area contributed by atoms with Gasteiger partial charge in [-0.05, 0) is 40.8 Å². The fourth-order valence-electron chi connectivity index (χ4n) is 1.63. The smallest absolute Gasteiger partial charge is 0.308 e. The monoisotopic (exact) mass is 426 g/mol. The van der Waals surface area contributed by atoms with E-state index in [1.165, 1.54) is 0 Å². The number of amides is 1. The van der Waals surface area contributed by atoms with Crippen molar-refractivity contribution in [2.45, 2.75) is 6.42 Å². The third kappa shape index (κ3) is 6.19. The number of carbonyl (C=O) groups excluding carboxylic acids is 2. The standard InChI is InChI=1S/C15H15IN4O3/c16-11-4-1-2-5-12(11)20-13(21)10-23-14(22)6-9-19-15-17-7-3-8-18-15/h1-5,7-8H,6,9-10H2,(H,20,21)(H,17,18,19). The van der Waals surface area contributed by atoms with Crippen LogP contribution in [0, 0.1) is 3.57 Å². The molecule has 2 rings (SSSR count). The van der Waals surface area contributed by atoms with Gasteiger partial charge in [-0.25, -0.2) is 9.97 Å². The van der Waals surface area contributed by atoms with Crippen molar-refractivity contribution in [2.24, 2.45) is 0 Å². The van der Waals surface area contributed by atoms with Crippen LogP contribution in [-0.4, -0.2) is 35.0 Å². The Morgan fingerprint density at radius 3 is 2.61 bits per heavy atom. The predicted octanol–water partition coefficient (Wildman–Crippen LogP) is 2.07. The Morgan fingerprint density at radius 1 is 1.13 bits per heavy atom. The van der Waals surface area contributed by atoms with Crippen LogP contribution < -0.4 is 10.6 Å². The molecule has 0 radical (unpaired) electrons. The lowest BCUT2D eigenvalue weighted by molar-refractivity contribution is -0.147. The second-order valence-electron chi connectivity index (χ2n) is 4.44. The summed E-state index contributed by atoms with van der Waals surface area (Å²) in [6.45, 7) is 0.0205. The molecular weight excluding hydrogens is 411 g/mol. The molecule has 0 aliphatic carbocycles. The van der Waals surface area contributed by atoms with Gasteiger partial charge >= 0.3 is 5.97 Å². The average Bonchev–Trinajstić information content (AvgIpc) is 2.56. The second-order valence-corrected chi connectivity index (χ2v) is 5.60. The van der Waals surface area contributed by atoms with E-state index in [1.54, 1.807) is 24.5 Å². The Kier molecular flexibility index (Phi) is 6.73. The highest BCUT2D eigenvalue weighted by Gasteiger charge is 2.09. The molecule has 120 valence electrons. The number of halogens is 1. The molecule has 0 spiro atoms. The van der Waals surface area contributed by atoms with E-state index < -0.39 is 5.97 Å². The summed E-state index contributed by atoms with van der Waals surface area (Å²) in [7, 11) is 0. The number of esters is 1. The van der Waals surface area contributed by atoms with E-state index in [9.17, 15) is 9.59 Å². The van der Waals surface area contributed by atoms with E-state index in [2.05, 4.69) is 43.2 Å². The molecular formula is C15H15IN4O3.